The number of aromatic nitrogens is 2. The first-order chi connectivity index (χ1) is 9.69. The van der Waals surface area contributed by atoms with Gasteiger partial charge in [0.2, 0.25) is 5.89 Å². The summed E-state index contributed by atoms with van der Waals surface area (Å²) in [5, 5.41) is 3.93. The molecule has 0 bridgehead atoms. The Morgan fingerprint density at radius 3 is 2.75 bits per heavy atom. The molecule has 2 rings (SSSR count). The third kappa shape index (κ3) is 2.91. The Kier molecular flexibility index (Phi) is 4.57. The predicted octanol–water partition coefficient (Wildman–Crippen LogP) is 2.09. The van der Waals surface area contributed by atoms with Crippen molar-refractivity contribution in [3.05, 3.63) is 35.5 Å². The lowest BCUT2D eigenvalue weighted by atomic mass is 10.1. The van der Waals surface area contributed by atoms with Crippen LogP contribution >= 0.6 is 0 Å². The maximum absolute atomic E-state index is 6.19. The number of rotatable bonds is 6. The van der Waals surface area contributed by atoms with Crippen LogP contribution in [0.1, 0.15) is 36.7 Å². The topological polar surface area (TPSA) is 83.4 Å². The number of nitrogens with two attached hydrogens (primary N) is 1. The zero-order valence-electron chi connectivity index (χ0n) is 11.9. The number of benzene rings is 1. The van der Waals surface area contributed by atoms with Crippen molar-refractivity contribution in [3.8, 4) is 11.5 Å². The van der Waals surface area contributed by atoms with E-state index < -0.39 is 6.04 Å². The SMILES string of the molecule is CCCc1nc(C(N)c2ccc(OC)cc2OC)no1. The van der Waals surface area contributed by atoms with Crippen molar-refractivity contribution < 1.29 is 14.0 Å². The second-order valence-corrected chi connectivity index (χ2v) is 4.38. The highest BCUT2D eigenvalue weighted by Gasteiger charge is 2.20. The number of hydrogen-bond acceptors (Lipinski definition) is 6. The molecule has 0 fully saturated rings. The summed E-state index contributed by atoms with van der Waals surface area (Å²) in [6.07, 6.45) is 1.70. The molecule has 1 aromatic carbocycles. The van der Waals surface area contributed by atoms with Gasteiger partial charge in [-0.2, -0.15) is 4.98 Å². The first-order valence-electron chi connectivity index (χ1n) is 6.49. The van der Waals surface area contributed by atoms with Crippen LogP contribution in [-0.4, -0.2) is 24.4 Å². The molecule has 0 radical (unpaired) electrons. The van der Waals surface area contributed by atoms with Crippen LogP contribution in [0, 0.1) is 0 Å². The van der Waals surface area contributed by atoms with Crippen LogP contribution in [0.15, 0.2) is 22.7 Å². The zero-order valence-corrected chi connectivity index (χ0v) is 11.9. The number of nitrogens with zero attached hydrogens (tertiary/aromatic N) is 2. The molecule has 2 aromatic rings. The van der Waals surface area contributed by atoms with Gasteiger partial charge >= 0.3 is 0 Å². The normalized spacial score (nSPS) is 12.2. The fourth-order valence-corrected chi connectivity index (χ4v) is 1.92. The largest absolute Gasteiger partial charge is 0.497 e. The molecule has 1 unspecified atom stereocenters. The van der Waals surface area contributed by atoms with E-state index in [9.17, 15) is 0 Å². The zero-order chi connectivity index (χ0) is 14.5. The van der Waals surface area contributed by atoms with E-state index in [1.54, 1.807) is 20.3 Å². The molecule has 1 heterocycles. The Morgan fingerprint density at radius 1 is 1.30 bits per heavy atom. The van der Waals surface area contributed by atoms with Gasteiger partial charge in [0, 0.05) is 18.1 Å². The van der Waals surface area contributed by atoms with Gasteiger partial charge < -0.3 is 19.7 Å². The van der Waals surface area contributed by atoms with Crippen LogP contribution in [0.2, 0.25) is 0 Å². The molecule has 2 N–H and O–H groups in total. The van der Waals surface area contributed by atoms with E-state index in [1.165, 1.54) is 0 Å². The van der Waals surface area contributed by atoms with Crippen LogP contribution in [0.4, 0.5) is 0 Å². The molecular formula is C14H19N3O3. The Labute approximate surface area is 117 Å². The minimum Gasteiger partial charge on any atom is -0.497 e. The molecule has 1 aromatic heterocycles. The Bertz CT molecular complexity index is 569. The van der Waals surface area contributed by atoms with Gasteiger partial charge in [-0.1, -0.05) is 12.1 Å². The lowest BCUT2D eigenvalue weighted by Crippen LogP contribution is -2.15. The van der Waals surface area contributed by atoms with E-state index >= 15 is 0 Å². The highest BCUT2D eigenvalue weighted by Crippen LogP contribution is 2.30. The standard InChI is InChI=1S/C14H19N3O3/c1-4-5-12-16-14(17-20-12)13(15)10-7-6-9(18-2)8-11(10)19-3/h6-8,13H,4-5,15H2,1-3H3. The Morgan fingerprint density at radius 2 is 2.10 bits per heavy atom. The smallest absolute Gasteiger partial charge is 0.226 e. The second-order valence-electron chi connectivity index (χ2n) is 4.38. The molecule has 6 nitrogen and oxygen atoms in total. The van der Waals surface area contributed by atoms with Gasteiger partial charge in [0.25, 0.3) is 0 Å². The lowest BCUT2D eigenvalue weighted by Gasteiger charge is -2.13. The van der Waals surface area contributed by atoms with Gasteiger partial charge in [0.1, 0.15) is 11.5 Å². The third-order valence-electron chi connectivity index (χ3n) is 3.00. The molecule has 108 valence electrons. The van der Waals surface area contributed by atoms with E-state index in [0.717, 1.165) is 18.4 Å². The Balaban J connectivity index is 2.29. The van der Waals surface area contributed by atoms with Crippen molar-refractivity contribution in [1.82, 2.24) is 10.1 Å². The second kappa shape index (κ2) is 6.38. The fourth-order valence-electron chi connectivity index (χ4n) is 1.92. The minimum atomic E-state index is -0.495. The van der Waals surface area contributed by atoms with E-state index in [4.69, 9.17) is 19.7 Å². The average Bonchev–Trinajstić information content (AvgIpc) is 2.94. The molecule has 20 heavy (non-hydrogen) atoms. The van der Waals surface area contributed by atoms with Crippen molar-refractivity contribution in [2.24, 2.45) is 5.73 Å². The highest BCUT2D eigenvalue weighted by molar-refractivity contribution is 5.44. The summed E-state index contributed by atoms with van der Waals surface area (Å²) < 4.78 is 15.7. The third-order valence-corrected chi connectivity index (χ3v) is 3.00. The summed E-state index contributed by atoms with van der Waals surface area (Å²) >= 11 is 0. The summed E-state index contributed by atoms with van der Waals surface area (Å²) in [5.74, 6) is 2.40. The van der Waals surface area contributed by atoms with Gasteiger partial charge in [0.05, 0.1) is 20.3 Å². The van der Waals surface area contributed by atoms with Crippen molar-refractivity contribution in [2.75, 3.05) is 14.2 Å². The molecule has 0 spiro atoms. The van der Waals surface area contributed by atoms with Crippen molar-refractivity contribution in [2.45, 2.75) is 25.8 Å². The first kappa shape index (κ1) is 14.3. The average molecular weight is 277 g/mol. The van der Waals surface area contributed by atoms with Crippen LogP contribution in [0.3, 0.4) is 0 Å². The summed E-state index contributed by atoms with van der Waals surface area (Å²) in [7, 11) is 3.19. The van der Waals surface area contributed by atoms with E-state index in [0.29, 0.717) is 23.2 Å². The van der Waals surface area contributed by atoms with Crippen molar-refractivity contribution in [3.63, 3.8) is 0 Å². The number of ether oxygens (including phenoxy) is 2. The minimum absolute atomic E-state index is 0.455. The van der Waals surface area contributed by atoms with Crippen LogP contribution < -0.4 is 15.2 Å². The monoisotopic (exact) mass is 277 g/mol. The molecule has 0 aliphatic rings. The molecule has 0 aliphatic heterocycles. The van der Waals surface area contributed by atoms with Crippen LogP contribution in [-0.2, 0) is 6.42 Å². The number of hydrogen-bond donors (Lipinski definition) is 1. The fraction of sp³-hybridized carbons (Fsp3) is 0.429. The Hall–Kier alpha value is -2.08. The molecule has 6 heteroatoms. The molecule has 0 amide bonds. The summed E-state index contributed by atoms with van der Waals surface area (Å²) in [4.78, 5) is 4.30. The molecule has 0 saturated carbocycles. The molecule has 0 saturated heterocycles. The summed E-state index contributed by atoms with van der Waals surface area (Å²) in [5.41, 5.74) is 6.98. The van der Waals surface area contributed by atoms with E-state index in [2.05, 4.69) is 17.1 Å². The van der Waals surface area contributed by atoms with E-state index in [1.807, 2.05) is 12.1 Å². The maximum atomic E-state index is 6.19. The van der Waals surface area contributed by atoms with Gasteiger partial charge in [-0.3, -0.25) is 0 Å². The molecule has 1 atom stereocenters. The van der Waals surface area contributed by atoms with Crippen LogP contribution in [0.25, 0.3) is 0 Å². The van der Waals surface area contributed by atoms with Crippen molar-refractivity contribution in [1.29, 1.82) is 0 Å². The first-order valence-corrected chi connectivity index (χ1v) is 6.49. The molecular weight excluding hydrogens is 258 g/mol. The summed E-state index contributed by atoms with van der Waals surface area (Å²) in [6, 6.07) is 4.95. The quantitative estimate of drug-likeness (QED) is 0.870. The number of aryl methyl sites for hydroxylation is 1. The van der Waals surface area contributed by atoms with Gasteiger partial charge in [-0.25, -0.2) is 0 Å². The predicted molar refractivity (Wildman–Crippen MR) is 73.9 cm³/mol. The van der Waals surface area contributed by atoms with Gasteiger partial charge in [0.15, 0.2) is 5.82 Å². The lowest BCUT2D eigenvalue weighted by molar-refractivity contribution is 0.369. The van der Waals surface area contributed by atoms with Crippen LogP contribution in [0.5, 0.6) is 11.5 Å². The maximum Gasteiger partial charge on any atom is 0.226 e. The molecule has 0 aliphatic carbocycles. The van der Waals surface area contributed by atoms with Gasteiger partial charge in [-0.15, -0.1) is 0 Å². The number of methoxy groups -OCH3 is 2. The summed E-state index contributed by atoms with van der Waals surface area (Å²) in [6.45, 7) is 2.05. The van der Waals surface area contributed by atoms with Gasteiger partial charge in [-0.05, 0) is 18.6 Å². The highest BCUT2D eigenvalue weighted by atomic mass is 16.5. The van der Waals surface area contributed by atoms with Crippen molar-refractivity contribution >= 4 is 0 Å². The van der Waals surface area contributed by atoms with E-state index in [-0.39, 0.29) is 0 Å².